The molecule has 4 heteroatoms. The predicted molar refractivity (Wildman–Crippen MR) is 91.3 cm³/mol. The summed E-state index contributed by atoms with van der Waals surface area (Å²) in [5.41, 5.74) is 1.76. The molecular weight excluding hydrogens is 382 g/mol. The molecule has 1 fully saturated rings. The minimum absolute atomic E-state index is 0.551. The van der Waals surface area contributed by atoms with Gasteiger partial charge in [0.1, 0.15) is 5.75 Å². The Hall–Kier alpha value is -0.0600. The monoisotopic (exact) mass is 403 g/mol. The second-order valence-electron chi connectivity index (χ2n) is 5.62. The summed E-state index contributed by atoms with van der Waals surface area (Å²) in [6, 6.07) is 4.18. The number of nitrogens with one attached hydrogen (secondary N) is 1. The van der Waals surface area contributed by atoms with Gasteiger partial charge in [0.05, 0.1) is 11.1 Å². The van der Waals surface area contributed by atoms with Crippen molar-refractivity contribution in [2.45, 2.75) is 46.1 Å². The molecule has 0 heterocycles. The maximum atomic E-state index is 5.76. The summed E-state index contributed by atoms with van der Waals surface area (Å²) in [5, 5.41) is 3.63. The summed E-state index contributed by atoms with van der Waals surface area (Å²) in [6.07, 6.45) is 5.41. The Labute approximate surface area is 138 Å². The van der Waals surface area contributed by atoms with Gasteiger partial charge in [-0.15, -0.1) is 0 Å². The highest BCUT2D eigenvalue weighted by atomic mass is 79.9. The molecule has 2 rings (SSSR count). The van der Waals surface area contributed by atoms with Gasteiger partial charge in [-0.3, -0.25) is 0 Å². The van der Waals surface area contributed by atoms with E-state index in [9.17, 15) is 0 Å². The second kappa shape index (κ2) is 7.28. The third kappa shape index (κ3) is 3.77. The van der Waals surface area contributed by atoms with Crippen molar-refractivity contribution in [1.82, 2.24) is 5.32 Å². The van der Waals surface area contributed by atoms with Gasteiger partial charge in [0.15, 0.2) is 0 Å². The Morgan fingerprint density at radius 2 is 2.00 bits per heavy atom. The Kier molecular flexibility index (Phi) is 5.94. The number of halogens is 2. The zero-order valence-corrected chi connectivity index (χ0v) is 15.4. The van der Waals surface area contributed by atoms with Crippen molar-refractivity contribution in [3.8, 4) is 5.75 Å². The molecule has 0 spiro atoms. The number of hydrogen-bond donors (Lipinski definition) is 1. The average molecular weight is 405 g/mol. The highest BCUT2D eigenvalue weighted by molar-refractivity contribution is 9.11. The van der Waals surface area contributed by atoms with Crippen molar-refractivity contribution in [3.63, 3.8) is 0 Å². The molecule has 0 aliphatic heterocycles. The molecule has 0 amide bonds. The van der Waals surface area contributed by atoms with Crippen molar-refractivity contribution >= 4 is 31.9 Å². The van der Waals surface area contributed by atoms with Gasteiger partial charge in [0.25, 0.3) is 0 Å². The van der Waals surface area contributed by atoms with Gasteiger partial charge in [-0.25, -0.2) is 0 Å². The summed E-state index contributed by atoms with van der Waals surface area (Å²) in [5.74, 6) is 0.961. The van der Waals surface area contributed by atoms with Crippen LogP contribution in [-0.4, -0.2) is 13.2 Å². The van der Waals surface area contributed by atoms with Gasteiger partial charge in [-0.2, -0.15) is 0 Å². The largest absolute Gasteiger partial charge is 0.492 e. The molecule has 0 atom stereocenters. The first-order valence-corrected chi connectivity index (χ1v) is 9.00. The molecule has 1 aliphatic rings. The normalized spacial score (nSPS) is 16.8. The summed E-state index contributed by atoms with van der Waals surface area (Å²) >= 11 is 7.14. The van der Waals surface area contributed by atoms with E-state index in [1.54, 1.807) is 0 Å². The summed E-state index contributed by atoms with van der Waals surface area (Å²) < 4.78 is 7.86. The van der Waals surface area contributed by atoms with Crippen LogP contribution in [0.2, 0.25) is 0 Å². The minimum Gasteiger partial charge on any atom is -0.492 e. The summed E-state index contributed by atoms with van der Waals surface area (Å²) in [7, 11) is 0. The molecule has 112 valence electrons. The zero-order valence-electron chi connectivity index (χ0n) is 12.3. The molecule has 0 bridgehead atoms. The summed E-state index contributed by atoms with van der Waals surface area (Å²) in [4.78, 5) is 0. The highest BCUT2D eigenvalue weighted by Crippen LogP contribution is 2.43. The highest BCUT2D eigenvalue weighted by Gasteiger charge is 2.34. The molecule has 0 aromatic heterocycles. The van der Waals surface area contributed by atoms with Crippen LogP contribution in [0.15, 0.2) is 21.1 Å². The number of ether oxygens (including phenoxy) is 1. The lowest BCUT2D eigenvalue weighted by atomic mass is 9.67. The van der Waals surface area contributed by atoms with E-state index in [1.165, 1.54) is 31.2 Å². The van der Waals surface area contributed by atoms with E-state index in [0.29, 0.717) is 12.0 Å². The Morgan fingerprint density at radius 1 is 1.25 bits per heavy atom. The molecule has 1 aromatic rings. The first-order chi connectivity index (χ1) is 9.60. The van der Waals surface area contributed by atoms with Crippen LogP contribution < -0.4 is 10.1 Å². The van der Waals surface area contributed by atoms with Crippen LogP contribution in [0.1, 0.15) is 45.1 Å². The van der Waals surface area contributed by atoms with Crippen LogP contribution in [0.25, 0.3) is 0 Å². The van der Waals surface area contributed by atoms with Gasteiger partial charge in [0.2, 0.25) is 0 Å². The van der Waals surface area contributed by atoms with E-state index in [1.807, 2.05) is 13.0 Å². The topological polar surface area (TPSA) is 21.3 Å². The van der Waals surface area contributed by atoms with Gasteiger partial charge < -0.3 is 10.1 Å². The minimum atomic E-state index is 0.551. The average Bonchev–Trinajstić information content (AvgIpc) is 2.36. The molecular formula is C16H23Br2NO. The zero-order chi connectivity index (χ0) is 14.6. The lowest BCUT2D eigenvalue weighted by molar-refractivity contribution is 0.123. The Balaban J connectivity index is 2.01. The van der Waals surface area contributed by atoms with Crippen LogP contribution in [-0.2, 0) is 6.54 Å². The van der Waals surface area contributed by atoms with Gasteiger partial charge in [0, 0.05) is 23.1 Å². The van der Waals surface area contributed by atoms with Crippen molar-refractivity contribution < 1.29 is 4.74 Å². The molecule has 0 unspecified atom stereocenters. The van der Waals surface area contributed by atoms with Crippen molar-refractivity contribution in [3.05, 3.63) is 26.6 Å². The van der Waals surface area contributed by atoms with Gasteiger partial charge in [-0.1, -0.05) is 29.3 Å². The fourth-order valence-corrected chi connectivity index (χ4v) is 4.27. The molecule has 1 saturated carbocycles. The molecule has 2 nitrogen and oxygen atoms in total. The number of rotatable bonds is 7. The van der Waals surface area contributed by atoms with Gasteiger partial charge >= 0.3 is 0 Å². The summed E-state index contributed by atoms with van der Waals surface area (Å²) in [6.45, 7) is 6.98. The number of hydrogen-bond acceptors (Lipinski definition) is 2. The van der Waals surface area contributed by atoms with E-state index in [4.69, 9.17) is 4.74 Å². The van der Waals surface area contributed by atoms with Gasteiger partial charge in [-0.05, 0) is 59.7 Å². The molecule has 0 radical (unpaired) electrons. The van der Waals surface area contributed by atoms with Crippen LogP contribution >= 0.6 is 31.9 Å². The predicted octanol–water partition coefficient (Wildman–Crippen LogP) is 5.28. The Morgan fingerprint density at radius 3 is 2.55 bits per heavy atom. The van der Waals surface area contributed by atoms with E-state index in [2.05, 4.69) is 50.2 Å². The van der Waals surface area contributed by atoms with E-state index in [-0.39, 0.29) is 0 Å². The molecule has 0 saturated heterocycles. The Bertz CT molecular complexity index is 453. The fraction of sp³-hybridized carbons (Fsp3) is 0.625. The SMILES string of the molecule is CCOc1c(Br)cc(Br)cc1CNCC1(CC)CCC1. The van der Waals surface area contributed by atoms with Crippen LogP contribution in [0, 0.1) is 5.41 Å². The quantitative estimate of drug-likeness (QED) is 0.667. The lowest BCUT2D eigenvalue weighted by Crippen LogP contribution is -2.39. The van der Waals surface area contributed by atoms with Crippen molar-refractivity contribution in [2.24, 2.45) is 5.41 Å². The van der Waals surface area contributed by atoms with E-state index in [0.717, 1.165) is 27.8 Å². The second-order valence-corrected chi connectivity index (χ2v) is 7.39. The molecule has 1 aliphatic carbocycles. The van der Waals surface area contributed by atoms with Crippen LogP contribution in [0.5, 0.6) is 5.75 Å². The third-order valence-electron chi connectivity index (χ3n) is 4.35. The first-order valence-electron chi connectivity index (χ1n) is 7.41. The lowest BCUT2D eigenvalue weighted by Gasteiger charge is -2.41. The van der Waals surface area contributed by atoms with Crippen LogP contribution in [0.4, 0.5) is 0 Å². The number of benzene rings is 1. The molecule has 1 N–H and O–H groups in total. The fourth-order valence-electron chi connectivity index (χ4n) is 2.85. The van der Waals surface area contributed by atoms with Crippen LogP contribution in [0.3, 0.4) is 0 Å². The van der Waals surface area contributed by atoms with Crippen molar-refractivity contribution in [1.29, 1.82) is 0 Å². The first kappa shape index (κ1) is 16.3. The van der Waals surface area contributed by atoms with E-state index >= 15 is 0 Å². The standard InChI is InChI=1S/C16H23Br2NO/c1-3-16(6-5-7-16)11-19-10-12-8-13(17)9-14(18)15(12)20-4-2/h8-9,19H,3-7,10-11H2,1-2H3. The molecule has 20 heavy (non-hydrogen) atoms. The third-order valence-corrected chi connectivity index (χ3v) is 5.40. The maximum absolute atomic E-state index is 5.76. The van der Waals surface area contributed by atoms with E-state index < -0.39 is 0 Å². The molecule has 1 aromatic carbocycles. The smallest absolute Gasteiger partial charge is 0.138 e. The van der Waals surface area contributed by atoms with Crippen molar-refractivity contribution in [2.75, 3.05) is 13.2 Å². The maximum Gasteiger partial charge on any atom is 0.138 e.